The van der Waals surface area contributed by atoms with Gasteiger partial charge in [-0.1, -0.05) is 36.4 Å². The van der Waals surface area contributed by atoms with Gasteiger partial charge in [-0.25, -0.2) is 17.5 Å². The molecule has 3 rings (SSSR count). The average Bonchev–Trinajstić information content (AvgIpc) is 2.75. The van der Waals surface area contributed by atoms with Crippen LogP contribution in [0.3, 0.4) is 0 Å². The summed E-state index contributed by atoms with van der Waals surface area (Å²) in [5.74, 6) is -1.71. The van der Waals surface area contributed by atoms with Gasteiger partial charge in [-0.15, -0.1) is 0 Å². The van der Waals surface area contributed by atoms with Crippen LogP contribution < -0.4 is 5.32 Å². The second-order valence-corrected chi connectivity index (χ2v) is 9.64. The molecule has 9 heteroatoms. The summed E-state index contributed by atoms with van der Waals surface area (Å²) < 4.78 is 31.0. The van der Waals surface area contributed by atoms with E-state index in [2.05, 4.69) is 5.32 Å². The smallest absolute Gasteiger partial charge is 0.342 e. The lowest BCUT2D eigenvalue weighted by Crippen LogP contribution is -2.30. The summed E-state index contributed by atoms with van der Waals surface area (Å²) in [6.45, 7) is 3.10. The SMILES string of the molecule is Cc1ccc(S(=O)(=O)N(C)C)cc1NC(=O)C(C)OC(=O)c1ccc2ccccc2c1O. The molecular formula is C23H24N2O6S. The standard InChI is InChI=1S/C23H24N2O6S/c1-14-9-11-17(32(29,30)25(3)4)13-20(14)24-22(27)15(2)31-23(28)19-12-10-16-7-5-6-8-18(16)21(19)26/h5-13,15,26H,1-4H3,(H,24,27). The maximum atomic E-state index is 12.6. The minimum atomic E-state index is -3.68. The number of esters is 1. The number of carbonyl (C=O) groups is 2. The molecule has 168 valence electrons. The highest BCUT2D eigenvalue weighted by atomic mass is 32.2. The average molecular weight is 457 g/mol. The molecule has 0 aliphatic heterocycles. The maximum Gasteiger partial charge on any atom is 0.342 e. The molecule has 0 aliphatic carbocycles. The summed E-state index contributed by atoms with van der Waals surface area (Å²) in [5, 5.41) is 14.3. The van der Waals surface area contributed by atoms with Crippen molar-refractivity contribution in [3.63, 3.8) is 0 Å². The van der Waals surface area contributed by atoms with E-state index in [9.17, 15) is 23.1 Å². The summed E-state index contributed by atoms with van der Waals surface area (Å²) >= 11 is 0. The topological polar surface area (TPSA) is 113 Å². The Morgan fingerprint density at radius 2 is 1.75 bits per heavy atom. The van der Waals surface area contributed by atoms with Crippen molar-refractivity contribution in [1.82, 2.24) is 4.31 Å². The van der Waals surface area contributed by atoms with Gasteiger partial charge in [0.1, 0.15) is 11.3 Å². The molecule has 0 spiro atoms. The van der Waals surface area contributed by atoms with E-state index in [1.54, 1.807) is 37.3 Å². The van der Waals surface area contributed by atoms with Crippen LogP contribution in [0.25, 0.3) is 10.8 Å². The predicted octanol–water partition coefficient (Wildman–Crippen LogP) is 3.29. The largest absolute Gasteiger partial charge is 0.506 e. The fourth-order valence-electron chi connectivity index (χ4n) is 3.04. The number of aromatic hydroxyl groups is 1. The molecule has 3 aromatic carbocycles. The number of sulfonamides is 1. The molecular weight excluding hydrogens is 432 g/mol. The van der Waals surface area contributed by atoms with Gasteiger partial charge in [-0.2, -0.15) is 0 Å². The molecule has 1 atom stereocenters. The van der Waals surface area contributed by atoms with Crippen LogP contribution in [0.1, 0.15) is 22.8 Å². The van der Waals surface area contributed by atoms with Crippen LogP contribution in [-0.2, 0) is 19.6 Å². The highest BCUT2D eigenvalue weighted by Crippen LogP contribution is 2.29. The molecule has 0 aliphatic rings. The van der Waals surface area contributed by atoms with Gasteiger partial charge in [-0.05, 0) is 43.0 Å². The van der Waals surface area contributed by atoms with Crippen molar-refractivity contribution in [3.05, 3.63) is 65.7 Å². The second kappa shape index (κ2) is 8.97. The first-order chi connectivity index (χ1) is 15.0. The van der Waals surface area contributed by atoms with Crippen LogP contribution in [0, 0.1) is 6.92 Å². The van der Waals surface area contributed by atoms with Gasteiger partial charge < -0.3 is 15.2 Å². The summed E-state index contributed by atoms with van der Waals surface area (Å²) in [6, 6.07) is 14.5. The Morgan fingerprint density at radius 3 is 2.44 bits per heavy atom. The molecule has 0 fully saturated rings. The summed E-state index contributed by atoms with van der Waals surface area (Å²) in [4.78, 5) is 25.2. The number of nitrogens with zero attached hydrogens (tertiary/aromatic N) is 1. The van der Waals surface area contributed by atoms with E-state index in [4.69, 9.17) is 4.74 Å². The molecule has 0 aromatic heterocycles. The Hall–Kier alpha value is -3.43. The number of phenolic OH excluding ortho intramolecular Hbond substituents is 1. The summed E-state index contributed by atoms with van der Waals surface area (Å²) in [6.07, 6.45) is -1.19. The van der Waals surface area contributed by atoms with E-state index >= 15 is 0 Å². The maximum absolute atomic E-state index is 12.6. The minimum absolute atomic E-state index is 0.0223. The van der Waals surface area contributed by atoms with E-state index in [0.29, 0.717) is 10.9 Å². The van der Waals surface area contributed by atoms with Crippen molar-refractivity contribution in [2.75, 3.05) is 19.4 Å². The molecule has 8 nitrogen and oxygen atoms in total. The van der Waals surface area contributed by atoms with Crippen molar-refractivity contribution in [1.29, 1.82) is 0 Å². The quantitative estimate of drug-likeness (QED) is 0.551. The first kappa shape index (κ1) is 23.2. The van der Waals surface area contributed by atoms with Crippen molar-refractivity contribution in [2.24, 2.45) is 0 Å². The Labute approximate surface area is 186 Å². The van der Waals surface area contributed by atoms with Gasteiger partial charge in [0.2, 0.25) is 10.0 Å². The highest BCUT2D eigenvalue weighted by Gasteiger charge is 2.23. The zero-order valence-electron chi connectivity index (χ0n) is 18.1. The predicted molar refractivity (Wildman–Crippen MR) is 121 cm³/mol. The first-order valence-corrected chi connectivity index (χ1v) is 11.2. The van der Waals surface area contributed by atoms with E-state index in [1.807, 2.05) is 6.07 Å². The zero-order chi connectivity index (χ0) is 23.6. The van der Waals surface area contributed by atoms with Crippen molar-refractivity contribution in [3.8, 4) is 5.75 Å². The molecule has 0 saturated heterocycles. The molecule has 3 aromatic rings. The molecule has 0 bridgehead atoms. The number of nitrogens with one attached hydrogen (secondary N) is 1. The zero-order valence-corrected chi connectivity index (χ0v) is 18.9. The normalized spacial score (nSPS) is 12.5. The Morgan fingerprint density at radius 1 is 1.06 bits per heavy atom. The van der Waals surface area contributed by atoms with Gasteiger partial charge in [0.05, 0.1) is 4.90 Å². The number of phenols is 1. The monoisotopic (exact) mass is 456 g/mol. The van der Waals surface area contributed by atoms with Crippen LogP contribution >= 0.6 is 0 Å². The summed E-state index contributed by atoms with van der Waals surface area (Å²) in [5.41, 5.74) is 0.870. The van der Waals surface area contributed by atoms with Crippen LogP contribution in [-0.4, -0.2) is 49.9 Å². The number of aryl methyl sites for hydroxylation is 1. The number of anilines is 1. The summed E-state index contributed by atoms with van der Waals surface area (Å²) in [7, 11) is -0.853. The Balaban J connectivity index is 1.77. The number of rotatable bonds is 6. The van der Waals surface area contributed by atoms with E-state index in [-0.39, 0.29) is 21.9 Å². The van der Waals surface area contributed by atoms with E-state index in [1.165, 1.54) is 39.2 Å². The van der Waals surface area contributed by atoms with Crippen LogP contribution in [0.4, 0.5) is 5.69 Å². The molecule has 1 unspecified atom stereocenters. The fraction of sp³-hybridized carbons (Fsp3) is 0.217. The molecule has 0 radical (unpaired) electrons. The molecule has 32 heavy (non-hydrogen) atoms. The van der Waals surface area contributed by atoms with Crippen molar-refractivity contribution < 1.29 is 27.9 Å². The highest BCUT2D eigenvalue weighted by molar-refractivity contribution is 7.89. The third-order valence-corrected chi connectivity index (χ3v) is 6.83. The number of amides is 1. The van der Waals surface area contributed by atoms with E-state index < -0.39 is 28.0 Å². The number of ether oxygens (including phenoxy) is 1. The van der Waals surface area contributed by atoms with Gasteiger partial charge in [-0.3, -0.25) is 4.79 Å². The van der Waals surface area contributed by atoms with Crippen LogP contribution in [0.15, 0.2) is 59.5 Å². The van der Waals surface area contributed by atoms with Gasteiger partial charge in [0, 0.05) is 25.2 Å². The van der Waals surface area contributed by atoms with Crippen molar-refractivity contribution >= 4 is 38.4 Å². The van der Waals surface area contributed by atoms with Gasteiger partial charge in [0.15, 0.2) is 6.10 Å². The lowest BCUT2D eigenvalue weighted by molar-refractivity contribution is -0.123. The van der Waals surface area contributed by atoms with Crippen LogP contribution in [0.5, 0.6) is 5.75 Å². The van der Waals surface area contributed by atoms with Crippen LogP contribution in [0.2, 0.25) is 0 Å². The molecule has 0 heterocycles. The first-order valence-electron chi connectivity index (χ1n) is 9.78. The fourth-order valence-corrected chi connectivity index (χ4v) is 3.97. The Bertz CT molecular complexity index is 1300. The second-order valence-electron chi connectivity index (χ2n) is 7.48. The lowest BCUT2D eigenvalue weighted by atomic mass is 10.1. The lowest BCUT2D eigenvalue weighted by Gasteiger charge is -2.17. The minimum Gasteiger partial charge on any atom is -0.506 e. The number of hydrogen-bond donors (Lipinski definition) is 2. The number of fused-ring (bicyclic) bond motifs is 1. The van der Waals surface area contributed by atoms with Crippen molar-refractivity contribution in [2.45, 2.75) is 24.8 Å². The third-order valence-electron chi connectivity index (χ3n) is 5.02. The molecule has 1 amide bonds. The van der Waals surface area contributed by atoms with Gasteiger partial charge in [0.25, 0.3) is 5.91 Å². The number of benzene rings is 3. The number of hydrogen-bond acceptors (Lipinski definition) is 6. The van der Waals surface area contributed by atoms with Gasteiger partial charge >= 0.3 is 5.97 Å². The Kier molecular flexibility index (Phi) is 6.52. The molecule has 2 N–H and O–H groups in total. The van der Waals surface area contributed by atoms with E-state index in [0.717, 1.165) is 9.69 Å². The molecule has 0 saturated carbocycles. The number of carbonyl (C=O) groups excluding carboxylic acids is 2. The third kappa shape index (κ3) is 4.58.